The standard InChI is InChI=1S/C19H20ClN3O2/c1-25-11-17(24)23-9-8-16-15(10-23)18(12-4-6-14(20)7-5-12)22-19(21-16)13-2-3-13/h4-7,13H,2-3,8-11H2,1H3. The SMILES string of the molecule is COCC(=O)N1CCc2nc(C3CC3)nc(-c3ccc(Cl)cc3)c2C1. The van der Waals surface area contributed by atoms with E-state index in [0.29, 0.717) is 24.0 Å². The smallest absolute Gasteiger partial charge is 0.248 e. The number of fused-ring (bicyclic) bond motifs is 1. The zero-order chi connectivity index (χ0) is 17.4. The predicted octanol–water partition coefficient (Wildman–Crippen LogP) is 3.21. The molecule has 1 saturated carbocycles. The molecule has 0 N–H and O–H groups in total. The van der Waals surface area contributed by atoms with Crippen molar-refractivity contribution in [3.63, 3.8) is 0 Å². The van der Waals surface area contributed by atoms with Crippen molar-refractivity contribution in [2.75, 3.05) is 20.3 Å². The average Bonchev–Trinajstić information content (AvgIpc) is 3.46. The third kappa shape index (κ3) is 3.39. The minimum atomic E-state index is 0.00137. The number of methoxy groups -OCH3 is 1. The van der Waals surface area contributed by atoms with Gasteiger partial charge in [0.25, 0.3) is 0 Å². The summed E-state index contributed by atoms with van der Waals surface area (Å²) in [5.41, 5.74) is 4.07. The first-order valence-corrected chi connectivity index (χ1v) is 8.96. The molecule has 2 aliphatic rings. The highest BCUT2D eigenvalue weighted by Crippen LogP contribution is 2.40. The maximum atomic E-state index is 12.2. The van der Waals surface area contributed by atoms with E-state index in [2.05, 4.69) is 0 Å². The van der Waals surface area contributed by atoms with Gasteiger partial charge in [0.2, 0.25) is 5.91 Å². The van der Waals surface area contributed by atoms with E-state index in [1.165, 1.54) is 0 Å². The molecule has 5 nitrogen and oxygen atoms in total. The van der Waals surface area contributed by atoms with Crippen molar-refractivity contribution in [2.24, 2.45) is 0 Å². The van der Waals surface area contributed by atoms with Gasteiger partial charge in [-0.3, -0.25) is 4.79 Å². The zero-order valence-electron chi connectivity index (χ0n) is 14.2. The number of amides is 1. The Kier molecular flexibility index (Phi) is 4.44. The number of benzene rings is 1. The lowest BCUT2D eigenvalue weighted by atomic mass is 9.98. The number of hydrogen-bond donors (Lipinski definition) is 0. The average molecular weight is 358 g/mol. The van der Waals surface area contributed by atoms with Crippen LogP contribution in [-0.2, 0) is 22.5 Å². The molecule has 130 valence electrons. The number of halogens is 1. The van der Waals surface area contributed by atoms with Crippen LogP contribution in [0, 0.1) is 0 Å². The van der Waals surface area contributed by atoms with Crippen LogP contribution in [0.2, 0.25) is 5.02 Å². The van der Waals surface area contributed by atoms with Gasteiger partial charge < -0.3 is 9.64 Å². The van der Waals surface area contributed by atoms with Crippen LogP contribution in [0.5, 0.6) is 0 Å². The summed E-state index contributed by atoms with van der Waals surface area (Å²) in [7, 11) is 1.54. The molecule has 1 amide bonds. The summed E-state index contributed by atoms with van der Waals surface area (Å²) >= 11 is 6.03. The molecule has 2 heterocycles. The van der Waals surface area contributed by atoms with E-state index < -0.39 is 0 Å². The van der Waals surface area contributed by atoms with Crippen LogP contribution in [0.4, 0.5) is 0 Å². The van der Waals surface area contributed by atoms with Crippen LogP contribution in [0.25, 0.3) is 11.3 Å². The number of carbonyl (C=O) groups excluding carboxylic acids is 1. The first-order valence-electron chi connectivity index (χ1n) is 8.58. The number of ether oxygens (including phenoxy) is 1. The van der Waals surface area contributed by atoms with Crippen molar-refractivity contribution in [3.05, 3.63) is 46.4 Å². The van der Waals surface area contributed by atoms with Crippen molar-refractivity contribution >= 4 is 17.5 Å². The second kappa shape index (κ2) is 6.73. The molecule has 1 fully saturated rings. The van der Waals surface area contributed by atoms with Gasteiger partial charge in [0.05, 0.1) is 11.4 Å². The van der Waals surface area contributed by atoms with E-state index in [4.69, 9.17) is 26.3 Å². The van der Waals surface area contributed by atoms with E-state index in [9.17, 15) is 4.79 Å². The lowest BCUT2D eigenvalue weighted by Crippen LogP contribution is -2.39. The summed E-state index contributed by atoms with van der Waals surface area (Å²) in [6.07, 6.45) is 3.09. The van der Waals surface area contributed by atoms with Crippen LogP contribution in [-0.4, -0.2) is 41.0 Å². The van der Waals surface area contributed by atoms with Gasteiger partial charge in [-0.25, -0.2) is 9.97 Å². The molecular formula is C19H20ClN3O2. The summed E-state index contributed by atoms with van der Waals surface area (Å²) < 4.78 is 4.99. The molecule has 4 rings (SSSR count). The van der Waals surface area contributed by atoms with Gasteiger partial charge in [-0.2, -0.15) is 0 Å². The van der Waals surface area contributed by atoms with Gasteiger partial charge in [0.15, 0.2) is 0 Å². The molecule has 6 heteroatoms. The van der Waals surface area contributed by atoms with Crippen molar-refractivity contribution < 1.29 is 9.53 Å². The third-order valence-corrected chi connectivity index (χ3v) is 5.01. The number of carbonyl (C=O) groups is 1. The van der Waals surface area contributed by atoms with Crippen molar-refractivity contribution in [1.29, 1.82) is 0 Å². The molecule has 0 atom stereocenters. The molecule has 2 aromatic rings. The highest BCUT2D eigenvalue weighted by molar-refractivity contribution is 6.30. The van der Waals surface area contributed by atoms with Gasteiger partial charge in [0, 0.05) is 48.7 Å². The molecule has 0 unspecified atom stereocenters. The monoisotopic (exact) mass is 357 g/mol. The first kappa shape index (κ1) is 16.5. The highest BCUT2D eigenvalue weighted by Gasteiger charge is 2.31. The Balaban J connectivity index is 1.75. The molecule has 0 radical (unpaired) electrons. The minimum Gasteiger partial charge on any atom is -0.375 e. The Morgan fingerprint density at radius 1 is 1.28 bits per heavy atom. The molecule has 1 aromatic carbocycles. The number of hydrogen-bond acceptors (Lipinski definition) is 4. The second-order valence-corrected chi connectivity index (χ2v) is 7.07. The van der Waals surface area contributed by atoms with Gasteiger partial charge in [-0.15, -0.1) is 0 Å². The Hall–Kier alpha value is -1.98. The lowest BCUT2D eigenvalue weighted by molar-refractivity contribution is -0.136. The predicted molar refractivity (Wildman–Crippen MR) is 95.5 cm³/mol. The summed E-state index contributed by atoms with van der Waals surface area (Å²) in [5, 5.41) is 0.700. The number of aromatic nitrogens is 2. The van der Waals surface area contributed by atoms with Gasteiger partial charge in [-0.1, -0.05) is 23.7 Å². The van der Waals surface area contributed by atoms with Crippen LogP contribution in [0.15, 0.2) is 24.3 Å². The number of rotatable bonds is 4. The maximum absolute atomic E-state index is 12.2. The molecular weight excluding hydrogens is 338 g/mol. The molecule has 0 spiro atoms. The molecule has 0 saturated heterocycles. The molecule has 25 heavy (non-hydrogen) atoms. The quantitative estimate of drug-likeness (QED) is 0.843. The lowest BCUT2D eigenvalue weighted by Gasteiger charge is -2.29. The number of nitrogens with zero attached hydrogens (tertiary/aromatic N) is 3. The minimum absolute atomic E-state index is 0.00137. The van der Waals surface area contributed by atoms with Gasteiger partial charge in [0.1, 0.15) is 12.4 Å². The Bertz CT molecular complexity index is 803. The van der Waals surface area contributed by atoms with Crippen LogP contribution >= 0.6 is 11.6 Å². The van der Waals surface area contributed by atoms with Gasteiger partial charge >= 0.3 is 0 Å². The summed E-state index contributed by atoms with van der Waals surface area (Å²) in [4.78, 5) is 23.7. The van der Waals surface area contributed by atoms with Crippen LogP contribution < -0.4 is 0 Å². The van der Waals surface area contributed by atoms with E-state index in [0.717, 1.165) is 47.6 Å². The zero-order valence-corrected chi connectivity index (χ0v) is 14.9. The van der Waals surface area contributed by atoms with E-state index in [-0.39, 0.29) is 12.5 Å². The fourth-order valence-electron chi connectivity index (χ4n) is 3.23. The fraction of sp³-hybridized carbons (Fsp3) is 0.421. The van der Waals surface area contributed by atoms with E-state index >= 15 is 0 Å². The fourth-order valence-corrected chi connectivity index (χ4v) is 3.36. The van der Waals surface area contributed by atoms with Gasteiger partial charge in [-0.05, 0) is 25.0 Å². The Morgan fingerprint density at radius 3 is 2.72 bits per heavy atom. The van der Waals surface area contributed by atoms with Crippen LogP contribution in [0.3, 0.4) is 0 Å². The largest absolute Gasteiger partial charge is 0.375 e. The Labute approximate surface area is 152 Å². The Morgan fingerprint density at radius 2 is 2.04 bits per heavy atom. The van der Waals surface area contributed by atoms with Crippen LogP contribution in [0.1, 0.15) is 35.8 Å². The second-order valence-electron chi connectivity index (χ2n) is 6.64. The maximum Gasteiger partial charge on any atom is 0.248 e. The summed E-state index contributed by atoms with van der Waals surface area (Å²) in [6.45, 7) is 1.31. The van der Waals surface area contributed by atoms with E-state index in [1.54, 1.807) is 7.11 Å². The molecule has 0 bridgehead atoms. The van der Waals surface area contributed by atoms with Crippen molar-refractivity contribution in [2.45, 2.75) is 31.7 Å². The normalized spacial score (nSPS) is 16.6. The molecule has 1 aromatic heterocycles. The highest BCUT2D eigenvalue weighted by atomic mass is 35.5. The summed E-state index contributed by atoms with van der Waals surface area (Å²) in [6, 6.07) is 7.72. The van der Waals surface area contributed by atoms with Crippen molar-refractivity contribution in [1.82, 2.24) is 14.9 Å². The molecule has 1 aliphatic heterocycles. The first-order chi connectivity index (χ1) is 12.2. The van der Waals surface area contributed by atoms with Crippen molar-refractivity contribution in [3.8, 4) is 11.3 Å². The molecule has 1 aliphatic carbocycles. The topological polar surface area (TPSA) is 55.3 Å². The third-order valence-electron chi connectivity index (χ3n) is 4.76. The summed E-state index contributed by atoms with van der Waals surface area (Å²) in [5.74, 6) is 1.44. The van der Waals surface area contributed by atoms with E-state index in [1.807, 2.05) is 29.2 Å².